The van der Waals surface area contributed by atoms with E-state index in [2.05, 4.69) is 59.1 Å². The van der Waals surface area contributed by atoms with Crippen LogP contribution < -0.4 is 78.7 Å². The number of alkyl halides is 5. The number of nitrogens with one attached hydrogen (secondary N) is 7. The van der Waals surface area contributed by atoms with Crippen LogP contribution in [0.3, 0.4) is 0 Å². The number of hydrogen-bond acceptors (Lipinski definition) is 33. The van der Waals surface area contributed by atoms with E-state index in [9.17, 15) is 102 Å². The summed E-state index contributed by atoms with van der Waals surface area (Å²) in [7, 11) is 0. The molecule has 47 nitrogen and oxygen atoms in total. The van der Waals surface area contributed by atoms with Crippen LogP contribution in [0.15, 0.2) is 189 Å². The lowest BCUT2D eigenvalue weighted by Crippen LogP contribution is -2.42. The van der Waals surface area contributed by atoms with Crippen LogP contribution in [0.1, 0.15) is 167 Å². The second-order valence-corrected chi connectivity index (χ2v) is 41.7. The van der Waals surface area contributed by atoms with E-state index in [1.54, 1.807) is 50.6 Å². The number of fused-ring (bicyclic) bond motifs is 5. The molecule has 0 unspecified atom stereocenters. The second kappa shape index (κ2) is 43.3. The second-order valence-electron chi connectivity index (χ2n) is 39.7. The number of carbonyl (C=O) groups is 1. The number of nitrogens with zero attached hydrogens (tertiary/aromatic N) is 7. The predicted molar refractivity (Wildman–Crippen MR) is 520 cm³/mol. The average Bonchev–Trinajstić information content (AvgIpc) is 1.57. The summed E-state index contributed by atoms with van der Waals surface area (Å²) < 4.78 is 119. The predicted octanol–water partition coefficient (Wildman–Crippen LogP) is 0.301. The lowest BCUT2D eigenvalue weighted by Gasteiger charge is -2.28. The highest BCUT2D eigenvalue weighted by Gasteiger charge is 2.66. The van der Waals surface area contributed by atoms with Crippen LogP contribution in [0.5, 0.6) is 0 Å². The molecule has 0 spiro atoms. The molecule has 7 aliphatic carbocycles. The number of rotatable bonds is 15. The van der Waals surface area contributed by atoms with E-state index in [4.69, 9.17) is 73.9 Å². The van der Waals surface area contributed by atoms with Gasteiger partial charge in [0.1, 0.15) is 73.8 Å². The van der Waals surface area contributed by atoms with Gasteiger partial charge in [-0.3, -0.25) is 100 Å². The first kappa shape index (κ1) is 111. The first-order valence-electron chi connectivity index (χ1n) is 46.3. The first-order valence-corrected chi connectivity index (χ1v) is 49.7. The quantitative estimate of drug-likeness (QED) is 0.0284. The number of H-pyrrole nitrogens is 7. The van der Waals surface area contributed by atoms with Gasteiger partial charge in [-0.15, -0.1) is 0 Å². The average molecular weight is 2290 g/mol. The Morgan fingerprint density at radius 2 is 0.731 bits per heavy atom. The highest BCUT2D eigenvalue weighted by Crippen LogP contribution is 2.55. The third kappa shape index (κ3) is 24.0. The van der Waals surface area contributed by atoms with Crippen molar-refractivity contribution in [3.63, 3.8) is 0 Å². The van der Waals surface area contributed by atoms with Gasteiger partial charge in [-0.2, -0.15) is 0 Å². The number of aliphatic hydroxyl groups is 7. The molecule has 792 valence electrons. The number of esters is 1. The fourth-order valence-electron chi connectivity index (χ4n) is 20.8. The minimum atomic E-state index is -2.36. The van der Waals surface area contributed by atoms with Crippen LogP contribution in [0, 0.1) is 17.8 Å². The Morgan fingerprint density at radius 1 is 0.400 bits per heavy atom. The Balaban J connectivity index is 0.000000135. The summed E-state index contributed by atoms with van der Waals surface area (Å²) in [6.45, 7) is 20.0. The maximum atomic E-state index is 16.0. The summed E-state index contributed by atoms with van der Waals surface area (Å²) in [6.07, 6.45) is 1.60. The molecule has 7 aromatic heterocycles. The first-order chi connectivity index (χ1) is 68.0. The molecule has 1 aromatic carbocycles. The van der Waals surface area contributed by atoms with E-state index in [1.165, 1.54) is 102 Å². The molecule has 20 rings (SSSR count). The van der Waals surface area contributed by atoms with E-state index >= 15 is 8.78 Å². The Labute approximate surface area is 849 Å². The molecule has 5 aliphatic heterocycles. The van der Waals surface area contributed by atoms with Gasteiger partial charge in [-0.05, 0) is 125 Å². The molecule has 12 aliphatic rings. The summed E-state index contributed by atoms with van der Waals surface area (Å²) in [5, 5.41) is 66.4. The monoisotopic (exact) mass is 2290 g/mol. The van der Waals surface area contributed by atoms with Gasteiger partial charge in [-0.25, -0.2) is 51.5 Å². The third-order valence-corrected chi connectivity index (χ3v) is 29.9. The van der Waals surface area contributed by atoms with Crippen LogP contribution in [-0.4, -0.2) is 275 Å². The van der Waals surface area contributed by atoms with Crippen molar-refractivity contribution in [2.45, 2.75) is 288 Å². The molecule has 14 N–H and O–H groups in total. The van der Waals surface area contributed by atoms with Crippen molar-refractivity contribution in [1.82, 2.24) is 66.9 Å². The highest BCUT2D eigenvalue weighted by molar-refractivity contribution is 14.1. The molecule has 0 radical (unpaired) electrons. The maximum absolute atomic E-state index is 16.0. The van der Waals surface area contributed by atoms with Crippen LogP contribution in [0.25, 0.3) is 0 Å². The maximum Gasteiger partial charge on any atom is 0.338 e. The molecule has 0 bridgehead atoms. The number of benzene rings is 1. The summed E-state index contributed by atoms with van der Waals surface area (Å²) in [4.78, 5) is 188. The number of ether oxygens (including phenoxy) is 11. The molecule has 5 saturated heterocycles. The van der Waals surface area contributed by atoms with E-state index in [1.807, 2.05) is 69.1 Å². The van der Waals surface area contributed by atoms with Crippen molar-refractivity contribution >= 4 is 62.8 Å². The SMILES string of the molecule is C=C1C[C@@H](n2ccc(=O)[nH]c2=O)[C@@H]2OC(C)(C)O[C@H]12.CC1(C)O[C@@H]2[C@@H](CI)C[C@@H](n3ccc(=O)[nH]c3=O)[C@@H]2O1.CC1(C)O[C@@H]2[C@@H](CO)C[C@@H](n3ccc(=O)[nH]c3=O)[C@@H]2O1.CC1(C)O[C@H]2[C@H](n3ccc(=O)[nH]c3=O)C[C@](F)(CI)[C@H]2O1.CC1(C)O[C@H]2[C@H](n3ccc(=O)[nH]c3=O)C[C@](F)(COC(=O)c3cccc(Cl)c3)[C@H]2O1.O=c1ccn([C@@H]2C[C@H](CO)[C@@H](O)[C@H]2O)c(=O)[nH]1.O=c1ccn([C@@H]2C[C@](F)(CO)[C@@H](O)[C@H]2O)c(=O)[nH]1. The molecule has 7 saturated carbocycles. The van der Waals surface area contributed by atoms with Gasteiger partial charge in [0, 0.05) is 144 Å². The van der Waals surface area contributed by atoms with E-state index in [0.29, 0.717) is 23.8 Å². The zero-order chi connectivity index (χ0) is 106. The highest BCUT2D eigenvalue weighted by atomic mass is 127. The summed E-state index contributed by atoms with van der Waals surface area (Å²) in [5.41, 5.74) is -12.2. The third-order valence-electron chi connectivity index (χ3n) is 27.3. The minimum Gasteiger partial charge on any atom is -0.459 e. The molecule has 12 fully saturated rings. The van der Waals surface area contributed by atoms with Crippen molar-refractivity contribution in [1.29, 1.82) is 0 Å². The minimum absolute atomic E-state index is 0.00530. The molecule has 8 aromatic rings. The number of aliphatic hydroxyl groups excluding tert-OH is 7. The number of hydrogen-bond donors (Lipinski definition) is 14. The van der Waals surface area contributed by atoms with Gasteiger partial charge in [0.05, 0.1) is 72.8 Å². The molecule has 0 amide bonds. The number of carbonyl (C=O) groups excluding carboxylic acids is 1. The Hall–Kier alpha value is -9.95. The molecule has 53 heteroatoms. The zero-order valence-corrected chi connectivity index (χ0v) is 84.9. The van der Waals surface area contributed by atoms with Crippen LogP contribution in [0.2, 0.25) is 5.02 Å². The number of aromatic amines is 7. The van der Waals surface area contributed by atoms with Gasteiger partial charge in [-0.1, -0.05) is 69.4 Å². The lowest BCUT2D eigenvalue weighted by atomic mass is 10.0. The molecule has 12 heterocycles. The van der Waals surface area contributed by atoms with Crippen LogP contribution in [0.4, 0.5) is 13.2 Å². The van der Waals surface area contributed by atoms with Gasteiger partial charge in [0.25, 0.3) is 38.9 Å². The fraction of sp³-hybridized carbons (Fsp3) is 0.598. The van der Waals surface area contributed by atoms with Gasteiger partial charge in [0.15, 0.2) is 45.9 Å². The van der Waals surface area contributed by atoms with Gasteiger partial charge >= 0.3 is 45.8 Å². The van der Waals surface area contributed by atoms with Crippen molar-refractivity contribution in [2.24, 2.45) is 17.8 Å². The molecule has 27 atom stereocenters. The molecule has 145 heavy (non-hydrogen) atoms. The summed E-state index contributed by atoms with van der Waals surface area (Å²) >= 11 is 10.2. The van der Waals surface area contributed by atoms with Crippen molar-refractivity contribution < 1.29 is 106 Å². The molecular formula is C92H114ClF3I2N14O33. The standard InChI is InChI=1S/C20H20ClFN2O6.C13H16FIN2O4.C13H17IN2O4.C13H18N2O5.C13H16N2O4.C10H13FN2O5.C10H14N2O5/c1-19(2)29-15-13(24-7-6-14(25)23-18(24)27)9-20(22,16(15)30-19)10-28-17(26)11-4-3-5-12(21)8-11;1-12(2)20-9-7(5-13(14,6-15)10(9)21-12)17-4-3-8(18)16-11(17)19;1-13(2)19-10-7(6-14)5-8(11(10)20-13)16-4-3-9(17)15-12(16)18;1-13(2)19-10-7(6-16)5-8(11(10)20-13)15-4-3-9(17)14-12(15)18;1-7-6-8(11-10(7)18-13(2,3)19-11)15-5-4-9(16)14-12(15)17;11-10(4-14)3-5(7(16)8(10)17)13-2-1-6(15)12-9(13)18;13-4-5-3-6(9(16)8(5)15)12-2-1-7(14)11-10(12)17/h3-8,13,15-16H,9-10H2,1-2H3,(H,23,25,27);3-4,7,9-10H,5-6H2,1-2H3,(H,16,18,19);3-4,7-8,10-11H,5-6H2,1-2H3,(H,15,17,18);3-4,7-8,10-11,16H,5-6H2,1-2H3,(H,14,17,18);4-5,8,10-11H,1,6H2,2-3H3,(H,14,16,17);1-2,5,7-8,14,16-17H,3-4H2,(H,12,15,18);1-2,5-6,8-9,13,15-16H,3-4H2,(H,11,14,17)/t13-,15+,16+,20+;7-,9+,10+,13+;2*7-,8-,10-,11+;8-,10-,11+;5-,7+,8+,10+;5-,6-,8-,9+/m1111111/s1. The summed E-state index contributed by atoms with van der Waals surface area (Å²) in [5.74, 6) is -4.92. The van der Waals surface area contributed by atoms with E-state index < -0.39 is 218 Å². The Bertz CT molecular complexity index is 6880. The topological polar surface area (TPSA) is 644 Å². The fourth-order valence-corrected chi connectivity index (χ4v) is 22.6. The van der Waals surface area contributed by atoms with Crippen LogP contribution >= 0.6 is 56.8 Å². The lowest BCUT2D eigenvalue weighted by molar-refractivity contribution is -0.175. The van der Waals surface area contributed by atoms with E-state index in [-0.39, 0.29) is 114 Å². The number of halogens is 6. The van der Waals surface area contributed by atoms with Gasteiger partial charge < -0.3 is 87.9 Å². The zero-order valence-electron chi connectivity index (χ0n) is 79.8. The van der Waals surface area contributed by atoms with Gasteiger partial charge in [0.2, 0.25) is 0 Å². The van der Waals surface area contributed by atoms with Crippen LogP contribution in [-0.2, 0) is 52.1 Å². The number of aromatic nitrogens is 14. The van der Waals surface area contributed by atoms with Crippen molar-refractivity contribution in [2.75, 3.05) is 35.3 Å². The Morgan fingerprint density at radius 3 is 1.11 bits per heavy atom. The molecular weight excluding hydrogens is 2180 g/mol. The Kier molecular flexibility index (Phi) is 33.1. The largest absolute Gasteiger partial charge is 0.459 e. The van der Waals surface area contributed by atoms with Crippen molar-refractivity contribution in [3.8, 4) is 0 Å². The normalized spacial score (nSPS) is 33.8. The van der Waals surface area contributed by atoms with Crippen molar-refractivity contribution in [3.05, 3.63) is 279 Å². The smallest absolute Gasteiger partial charge is 0.338 e. The summed E-state index contributed by atoms with van der Waals surface area (Å²) in [6, 6.07) is 11.3. The van der Waals surface area contributed by atoms with E-state index in [0.717, 1.165) is 33.3 Å².